The van der Waals surface area contributed by atoms with E-state index < -0.39 is 6.10 Å². The van der Waals surface area contributed by atoms with Crippen molar-refractivity contribution in [2.75, 3.05) is 0 Å². The Morgan fingerprint density at radius 1 is 1.24 bits per heavy atom. The van der Waals surface area contributed by atoms with Crippen LogP contribution < -0.4 is 10.1 Å². The van der Waals surface area contributed by atoms with E-state index in [1.807, 2.05) is 19.1 Å². The zero-order valence-electron chi connectivity index (χ0n) is 13.5. The van der Waals surface area contributed by atoms with Gasteiger partial charge in [-0.15, -0.1) is 0 Å². The molecule has 0 aromatic heterocycles. The van der Waals surface area contributed by atoms with Gasteiger partial charge in [-0.3, -0.25) is 4.79 Å². The molecule has 0 unspecified atom stereocenters. The van der Waals surface area contributed by atoms with Gasteiger partial charge in [0, 0.05) is 11.1 Å². The Morgan fingerprint density at radius 2 is 1.86 bits per heavy atom. The predicted octanol–water partition coefficient (Wildman–Crippen LogP) is 4.29. The van der Waals surface area contributed by atoms with E-state index in [4.69, 9.17) is 16.3 Å². The van der Waals surface area contributed by atoms with Gasteiger partial charge in [-0.05, 0) is 36.5 Å². The first-order chi connectivity index (χ1) is 9.85. The van der Waals surface area contributed by atoms with Crippen LogP contribution in [0.4, 0.5) is 0 Å². The van der Waals surface area contributed by atoms with Crippen LogP contribution in [0.2, 0.25) is 5.02 Å². The van der Waals surface area contributed by atoms with Crippen molar-refractivity contribution in [3.63, 3.8) is 0 Å². The molecule has 1 aromatic carbocycles. The third-order valence-electron chi connectivity index (χ3n) is 3.48. The van der Waals surface area contributed by atoms with Crippen LogP contribution in [-0.4, -0.2) is 18.1 Å². The molecular formula is C17H26ClNO2. The summed E-state index contributed by atoms with van der Waals surface area (Å²) >= 11 is 5.94. The number of hydrogen-bond acceptors (Lipinski definition) is 2. The predicted molar refractivity (Wildman–Crippen MR) is 87.8 cm³/mol. The van der Waals surface area contributed by atoms with Gasteiger partial charge < -0.3 is 10.1 Å². The molecular weight excluding hydrogens is 286 g/mol. The molecule has 0 radical (unpaired) electrons. The van der Waals surface area contributed by atoms with E-state index >= 15 is 0 Å². The molecule has 0 bridgehead atoms. The van der Waals surface area contributed by atoms with Gasteiger partial charge in [-0.2, -0.15) is 0 Å². The minimum atomic E-state index is -0.497. The highest BCUT2D eigenvalue weighted by Gasteiger charge is 2.25. The second kappa shape index (κ2) is 8.28. The van der Waals surface area contributed by atoms with Crippen molar-refractivity contribution in [3.8, 4) is 5.75 Å². The normalized spacial score (nSPS) is 12.8. The highest BCUT2D eigenvalue weighted by molar-refractivity contribution is 6.30. The van der Waals surface area contributed by atoms with Crippen LogP contribution in [0.3, 0.4) is 0 Å². The van der Waals surface area contributed by atoms with Crippen LogP contribution in [0.5, 0.6) is 5.75 Å². The van der Waals surface area contributed by atoms with Crippen LogP contribution in [0.25, 0.3) is 0 Å². The smallest absolute Gasteiger partial charge is 0.261 e. The van der Waals surface area contributed by atoms with Gasteiger partial charge in [-0.25, -0.2) is 0 Å². The Kier molecular flexibility index (Phi) is 7.03. The number of halogens is 1. The van der Waals surface area contributed by atoms with E-state index in [1.165, 1.54) is 0 Å². The van der Waals surface area contributed by atoms with Crippen molar-refractivity contribution in [1.82, 2.24) is 5.32 Å². The van der Waals surface area contributed by atoms with Crippen molar-refractivity contribution in [2.45, 2.75) is 53.2 Å². The van der Waals surface area contributed by atoms with Crippen LogP contribution >= 0.6 is 11.6 Å². The van der Waals surface area contributed by atoms with Gasteiger partial charge in [0.05, 0.1) is 0 Å². The first kappa shape index (κ1) is 17.8. The average Bonchev–Trinajstić information content (AvgIpc) is 2.41. The molecule has 1 N–H and O–H groups in total. The lowest BCUT2D eigenvalue weighted by atomic mass is 9.93. The Hall–Kier alpha value is -1.22. The second-order valence-corrected chi connectivity index (χ2v) is 6.43. The van der Waals surface area contributed by atoms with Gasteiger partial charge in [0.25, 0.3) is 5.91 Å². The molecule has 0 aliphatic carbocycles. The van der Waals surface area contributed by atoms with Crippen molar-refractivity contribution < 1.29 is 9.53 Å². The molecule has 1 atom stereocenters. The maximum absolute atomic E-state index is 12.4. The Balaban J connectivity index is 2.73. The largest absolute Gasteiger partial charge is 0.481 e. The van der Waals surface area contributed by atoms with E-state index in [-0.39, 0.29) is 11.9 Å². The average molecular weight is 312 g/mol. The van der Waals surface area contributed by atoms with Crippen molar-refractivity contribution in [2.24, 2.45) is 11.8 Å². The summed E-state index contributed by atoms with van der Waals surface area (Å²) < 4.78 is 5.77. The topological polar surface area (TPSA) is 38.3 Å². The molecule has 0 spiro atoms. The van der Waals surface area contributed by atoms with Crippen LogP contribution in [0.15, 0.2) is 24.3 Å². The standard InChI is InChI=1S/C17H26ClNO2/c1-6-15(21-14-9-7-8-13(18)10-14)17(20)19-16(11(2)3)12(4)5/h7-12,15-16H,6H2,1-5H3,(H,19,20)/t15-/m0/s1. The molecule has 1 rings (SSSR count). The molecule has 1 amide bonds. The third kappa shape index (κ3) is 5.58. The number of hydrogen-bond donors (Lipinski definition) is 1. The number of amides is 1. The number of rotatable bonds is 7. The van der Waals surface area contributed by atoms with Gasteiger partial charge in [0.1, 0.15) is 5.75 Å². The van der Waals surface area contributed by atoms with E-state index in [0.29, 0.717) is 29.0 Å². The Bertz CT molecular complexity index is 452. The molecule has 4 heteroatoms. The minimum Gasteiger partial charge on any atom is -0.481 e. The summed E-state index contributed by atoms with van der Waals surface area (Å²) in [7, 11) is 0. The quantitative estimate of drug-likeness (QED) is 0.815. The van der Waals surface area contributed by atoms with Gasteiger partial charge >= 0.3 is 0 Å². The van der Waals surface area contributed by atoms with E-state index in [0.717, 1.165) is 0 Å². The fraction of sp³-hybridized carbons (Fsp3) is 0.588. The maximum Gasteiger partial charge on any atom is 0.261 e. The number of benzene rings is 1. The van der Waals surface area contributed by atoms with Crippen LogP contribution in [0.1, 0.15) is 41.0 Å². The zero-order valence-corrected chi connectivity index (χ0v) is 14.3. The first-order valence-electron chi connectivity index (χ1n) is 7.57. The van der Waals surface area contributed by atoms with Crippen LogP contribution in [-0.2, 0) is 4.79 Å². The summed E-state index contributed by atoms with van der Waals surface area (Å²) in [4.78, 5) is 12.4. The molecule has 0 saturated carbocycles. The molecule has 0 heterocycles. The first-order valence-corrected chi connectivity index (χ1v) is 7.95. The third-order valence-corrected chi connectivity index (χ3v) is 3.72. The summed E-state index contributed by atoms with van der Waals surface area (Å²) in [6.45, 7) is 10.4. The molecule has 0 fully saturated rings. The van der Waals surface area contributed by atoms with E-state index in [2.05, 4.69) is 33.0 Å². The summed E-state index contributed by atoms with van der Waals surface area (Å²) in [5.74, 6) is 1.33. The summed E-state index contributed by atoms with van der Waals surface area (Å²) in [5.41, 5.74) is 0. The number of carbonyl (C=O) groups excluding carboxylic acids is 1. The maximum atomic E-state index is 12.4. The van der Waals surface area contributed by atoms with Gasteiger partial charge in [0.15, 0.2) is 6.10 Å². The number of carbonyl (C=O) groups is 1. The zero-order chi connectivity index (χ0) is 16.0. The molecule has 1 aromatic rings. The highest BCUT2D eigenvalue weighted by Crippen LogP contribution is 2.20. The van der Waals surface area contributed by atoms with Crippen LogP contribution in [0, 0.1) is 11.8 Å². The van der Waals surface area contributed by atoms with Crippen molar-refractivity contribution in [1.29, 1.82) is 0 Å². The fourth-order valence-corrected chi connectivity index (χ4v) is 2.57. The van der Waals surface area contributed by atoms with Crippen molar-refractivity contribution >= 4 is 17.5 Å². The Morgan fingerprint density at radius 3 is 2.33 bits per heavy atom. The SMILES string of the molecule is CC[C@H](Oc1cccc(Cl)c1)C(=O)NC(C(C)C)C(C)C. The lowest BCUT2D eigenvalue weighted by Crippen LogP contribution is -2.48. The van der Waals surface area contributed by atoms with Crippen molar-refractivity contribution in [3.05, 3.63) is 29.3 Å². The van der Waals surface area contributed by atoms with E-state index in [9.17, 15) is 4.79 Å². The molecule has 3 nitrogen and oxygen atoms in total. The summed E-state index contributed by atoms with van der Waals surface area (Å²) in [6.07, 6.45) is 0.116. The van der Waals surface area contributed by atoms with Gasteiger partial charge in [0.2, 0.25) is 0 Å². The molecule has 0 saturated heterocycles. The van der Waals surface area contributed by atoms with E-state index in [1.54, 1.807) is 12.1 Å². The van der Waals surface area contributed by atoms with Gasteiger partial charge in [-0.1, -0.05) is 52.3 Å². The molecule has 0 aliphatic heterocycles. The number of ether oxygens (including phenoxy) is 1. The summed E-state index contributed by atoms with van der Waals surface area (Å²) in [6, 6.07) is 7.27. The molecule has 21 heavy (non-hydrogen) atoms. The molecule has 118 valence electrons. The highest BCUT2D eigenvalue weighted by atomic mass is 35.5. The Labute approximate surface area is 133 Å². The second-order valence-electron chi connectivity index (χ2n) is 5.99. The monoisotopic (exact) mass is 311 g/mol. The lowest BCUT2D eigenvalue weighted by Gasteiger charge is -2.28. The fourth-order valence-electron chi connectivity index (χ4n) is 2.39. The number of nitrogens with one attached hydrogen (secondary N) is 1. The molecule has 0 aliphatic rings. The summed E-state index contributed by atoms with van der Waals surface area (Å²) in [5, 5.41) is 3.71. The lowest BCUT2D eigenvalue weighted by molar-refractivity contribution is -0.129. The minimum absolute atomic E-state index is 0.0649.